The molecule has 1 aliphatic rings. The van der Waals surface area contributed by atoms with E-state index in [1.807, 2.05) is 39.0 Å². The Kier molecular flexibility index (Phi) is 4.49. The van der Waals surface area contributed by atoms with E-state index in [-0.39, 0.29) is 12.3 Å². The molecule has 21 heavy (non-hydrogen) atoms. The number of carbonyl (C=O) groups is 2. The summed E-state index contributed by atoms with van der Waals surface area (Å²) in [7, 11) is 0. The molecule has 0 bridgehead atoms. The van der Waals surface area contributed by atoms with Gasteiger partial charge in [0.1, 0.15) is 0 Å². The van der Waals surface area contributed by atoms with Crippen molar-refractivity contribution in [1.82, 2.24) is 4.90 Å². The van der Waals surface area contributed by atoms with Gasteiger partial charge in [0.2, 0.25) is 5.91 Å². The Hall–Kier alpha value is -0.880. The van der Waals surface area contributed by atoms with Gasteiger partial charge >= 0.3 is 5.97 Å². The number of carboxylic acids is 1. The lowest BCUT2D eigenvalue weighted by molar-refractivity contribution is -0.142. The number of hydrogen-bond acceptors (Lipinski definition) is 2. The number of likely N-dealkylation sites (tertiary alicyclic amines) is 1. The average molecular weight is 419 g/mol. The van der Waals surface area contributed by atoms with Gasteiger partial charge in [0, 0.05) is 20.9 Å². The summed E-state index contributed by atoms with van der Waals surface area (Å²) in [6.07, 6.45) is 0.0466. The lowest BCUT2D eigenvalue weighted by Gasteiger charge is -2.38. The SMILES string of the molecule is CC(C)(C)N1C(=O)CC(C(=O)O)C1c1ccc(Br)c(Br)c1. The highest BCUT2D eigenvalue weighted by Gasteiger charge is 2.48. The van der Waals surface area contributed by atoms with Crippen molar-refractivity contribution in [3.8, 4) is 0 Å². The molecule has 2 rings (SSSR count). The molecule has 4 nitrogen and oxygen atoms in total. The first kappa shape index (κ1) is 16.5. The number of carboxylic acid groups (broad SMARTS) is 1. The molecule has 0 spiro atoms. The number of carbonyl (C=O) groups excluding carboxylic acids is 1. The number of amides is 1. The van der Waals surface area contributed by atoms with Crippen LogP contribution < -0.4 is 0 Å². The molecule has 2 atom stereocenters. The highest BCUT2D eigenvalue weighted by atomic mass is 79.9. The van der Waals surface area contributed by atoms with Crippen molar-refractivity contribution in [2.75, 3.05) is 0 Å². The highest BCUT2D eigenvalue weighted by molar-refractivity contribution is 9.13. The Labute approximate surface area is 140 Å². The van der Waals surface area contributed by atoms with Crippen LogP contribution in [0.2, 0.25) is 0 Å². The Morgan fingerprint density at radius 2 is 1.90 bits per heavy atom. The van der Waals surface area contributed by atoms with E-state index in [0.717, 1.165) is 14.5 Å². The van der Waals surface area contributed by atoms with E-state index in [1.54, 1.807) is 4.90 Å². The smallest absolute Gasteiger partial charge is 0.309 e. The Bertz CT molecular complexity index is 595. The molecule has 0 radical (unpaired) electrons. The standard InChI is InChI=1S/C15H17Br2NO3/c1-15(2,3)18-12(19)7-9(14(20)21)13(18)8-4-5-10(16)11(17)6-8/h4-6,9,13H,7H2,1-3H3,(H,20,21). The van der Waals surface area contributed by atoms with E-state index in [1.165, 1.54) is 0 Å². The summed E-state index contributed by atoms with van der Waals surface area (Å²) >= 11 is 6.84. The van der Waals surface area contributed by atoms with Gasteiger partial charge in [-0.2, -0.15) is 0 Å². The number of nitrogens with zero attached hydrogens (tertiary/aromatic N) is 1. The van der Waals surface area contributed by atoms with Crippen LogP contribution in [0.4, 0.5) is 0 Å². The molecule has 1 aromatic rings. The van der Waals surface area contributed by atoms with E-state index in [2.05, 4.69) is 31.9 Å². The minimum Gasteiger partial charge on any atom is -0.481 e. The molecule has 1 aliphatic heterocycles. The van der Waals surface area contributed by atoms with Gasteiger partial charge < -0.3 is 10.0 Å². The molecule has 114 valence electrons. The molecule has 1 fully saturated rings. The van der Waals surface area contributed by atoms with Gasteiger partial charge in [-0.15, -0.1) is 0 Å². The quantitative estimate of drug-likeness (QED) is 0.789. The van der Waals surface area contributed by atoms with Gasteiger partial charge in [0.15, 0.2) is 0 Å². The van der Waals surface area contributed by atoms with Gasteiger partial charge in [0.25, 0.3) is 0 Å². The molecule has 0 aliphatic carbocycles. The minimum absolute atomic E-state index is 0.0466. The van der Waals surface area contributed by atoms with Crippen LogP contribution in [0.5, 0.6) is 0 Å². The molecule has 1 aromatic carbocycles. The summed E-state index contributed by atoms with van der Waals surface area (Å²) in [6, 6.07) is 5.16. The summed E-state index contributed by atoms with van der Waals surface area (Å²) in [5.74, 6) is -1.76. The fourth-order valence-corrected chi connectivity index (χ4v) is 3.47. The largest absolute Gasteiger partial charge is 0.481 e. The molecule has 1 heterocycles. The number of halogens is 2. The zero-order valence-electron chi connectivity index (χ0n) is 12.1. The van der Waals surface area contributed by atoms with Crippen LogP contribution in [-0.4, -0.2) is 27.4 Å². The van der Waals surface area contributed by atoms with Crippen molar-refractivity contribution in [2.45, 2.75) is 38.8 Å². The van der Waals surface area contributed by atoms with Crippen molar-refractivity contribution in [1.29, 1.82) is 0 Å². The zero-order chi connectivity index (χ0) is 15.9. The third kappa shape index (κ3) is 3.16. The first-order valence-corrected chi connectivity index (χ1v) is 8.21. The molecule has 1 amide bonds. The van der Waals surface area contributed by atoms with Crippen LogP contribution in [0, 0.1) is 5.92 Å². The summed E-state index contributed by atoms with van der Waals surface area (Å²) in [4.78, 5) is 25.6. The maximum absolute atomic E-state index is 12.3. The maximum Gasteiger partial charge on any atom is 0.309 e. The van der Waals surface area contributed by atoms with Crippen LogP contribution in [-0.2, 0) is 9.59 Å². The predicted octanol–water partition coefficient (Wildman–Crippen LogP) is 3.98. The molecule has 0 saturated carbocycles. The second-order valence-corrected chi connectivity index (χ2v) is 7.91. The van der Waals surface area contributed by atoms with Crippen LogP contribution in [0.1, 0.15) is 38.8 Å². The van der Waals surface area contributed by atoms with Gasteiger partial charge in [-0.05, 0) is 70.3 Å². The first-order valence-electron chi connectivity index (χ1n) is 6.63. The van der Waals surface area contributed by atoms with Gasteiger partial charge in [-0.3, -0.25) is 9.59 Å². The fourth-order valence-electron chi connectivity index (χ4n) is 2.82. The third-order valence-corrected chi connectivity index (χ3v) is 5.53. The number of hydrogen-bond donors (Lipinski definition) is 1. The summed E-state index contributed by atoms with van der Waals surface area (Å²) < 4.78 is 1.74. The zero-order valence-corrected chi connectivity index (χ0v) is 15.2. The number of benzene rings is 1. The van der Waals surface area contributed by atoms with Crippen molar-refractivity contribution in [3.05, 3.63) is 32.7 Å². The molecule has 1 saturated heterocycles. The van der Waals surface area contributed by atoms with Crippen LogP contribution >= 0.6 is 31.9 Å². The first-order chi connectivity index (χ1) is 9.62. The van der Waals surface area contributed by atoms with Crippen LogP contribution in [0.15, 0.2) is 27.1 Å². The lowest BCUT2D eigenvalue weighted by Crippen LogP contribution is -2.44. The molecule has 2 unspecified atom stereocenters. The van der Waals surface area contributed by atoms with Crippen molar-refractivity contribution >= 4 is 43.7 Å². The van der Waals surface area contributed by atoms with Crippen LogP contribution in [0.25, 0.3) is 0 Å². The van der Waals surface area contributed by atoms with Crippen molar-refractivity contribution in [2.24, 2.45) is 5.92 Å². The summed E-state index contributed by atoms with van der Waals surface area (Å²) in [5.41, 5.74) is 0.407. The highest BCUT2D eigenvalue weighted by Crippen LogP contribution is 2.43. The van der Waals surface area contributed by atoms with E-state index in [0.29, 0.717) is 0 Å². The molecular formula is C15H17Br2NO3. The molecule has 6 heteroatoms. The maximum atomic E-state index is 12.3. The van der Waals surface area contributed by atoms with Gasteiger partial charge in [-0.1, -0.05) is 6.07 Å². The average Bonchev–Trinajstić information content (AvgIpc) is 2.70. The van der Waals surface area contributed by atoms with E-state index in [4.69, 9.17) is 0 Å². The second-order valence-electron chi connectivity index (χ2n) is 6.20. The van der Waals surface area contributed by atoms with Crippen LogP contribution in [0.3, 0.4) is 0 Å². The van der Waals surface area contributed by atoms with E-state index >= 15 is 0 Å². The second kappa shape index (κ2) is 5.72. The molecule has 0 aromatic heterocycles. The number of aliphatic carboxylic acids is 1. The Balaban J connectivity index is 2.54. The van der Waals surface area contributed by atoms with Crippen molar-refractivity contribution < 1.29 is 14.7 Å². The lowest BCUT2D eigenvalue weighted by atomic mass is 9.92. The summed E-state index contributed by atoms with van der Waals surface area (Å²) in [6.45, 7) is 5.78. The predicted molar refractivity (Wildman–Crippen MR) is 86.9 cm³/mol. The van der Waals surface area contributed by atoms with Crippen molar-refractivity contribution in [3.63, 3.8) is 0 Å². The Morgan fingerprint density at radius 3 is 2.38 bits per heavy atom. The van der Waals surface area contributed by atoms with Gasteiger partial charge in [0.05, 0.1) is 12.0 Å². The fraction of sp³-hybridized carbons (Fsp3) is 0.467. The molecule has 1 N–H and O–H groups in total. The normalized spacial score (nSPS) is 22.7. The van der Waals surface area contributed by atoms with E-state index < -0.39 is 23.5 Å². The number of rotatable bonds is 2. The third-order valence-electron chi connectivity index (χ3n) is 3.65. The molecular weight excluding hydrogens is 402 g/mol. The monoisotopic (exact) mass is 417 g/mol. The van der Waals surface area contributed by atoms with Gasteiger partial charge in [-0.25, -0.2) is 0 Å². The van der Waals surface area contributed by atoms with E-state index in [9.17, 15) is 14.7 Å². The Morgan fingerprint density at radius 1 is 1.29 bits per heavy atom. The minimum atomic E-state index is -0.931. The summed E-state index contributed by atoms with van der Waals surface area (Å²) in [5, 5.41) is 9.47. The topological polar surface area (TPSA) is 57.6 Å².